The van der Waals surface area contributed by atoms with Gasteiger partial charge in [0.05, 0.1) is 11.0 Å². The molecule has 0 saturated carbocycles. The van der Waals surface area contributed by atoms with E-state index in [9.17, 15) is 10.1 Å². The van der Waals surface area contributed by atoms with Crippen LogP contribution in [0.5, 0.6) is 0 Å². The van der Waals surface area contributed by atoms with Gasteiger partial charge in [0.15, 0.2) is 0 Å². The van der Waals surface area contributed by atoms with E-state index < -0.39 is 4.92 Å². The monoisotopic (exact) mass is 295 g/mol. The lowest BCUT2D eigenvalue weighted by Crippen LogP contribution is -2.24. The standard InChI is InChI=1S/C14H21N3O4/c1-11-9-12(17(18)19)10-16-14(11)15-5-2-6-21-13-3-7-20-8-4-13/h9-10,13H,2-8H2,1H3,(H,15,16). The first kappa shape index (κ1) is 15.7. The van der Waals surface area contributed by atoms with Crippen molar-refractivity contribution >= 4 is 11.5 Å². The number of anilines is 1. The van der Waals surface area contributed by atoms with Crippen LogP contribution in [-0.2, 0) is 9.47 Å². The Kier molecular flexibility index (Phi) is 5.89. The van der Waals surface area contributed by atoms with Crippen LogP contribution in [0.1, 0.15) is 24.8 Å². The second-order valence-corrected chi connectivity index (χ2v) is 5.08. The maximum absolute atomic E-state index is 10.6. The zero-order valence-electron chi connectivity index (χ0n) is 12.2. The summed E-state index contributed by atoms with van der Waals surface area (Å²) in [5.74, 6) is 0.687. The Morgan fingerprint density at radius 2 is 2.29 bits per heavy atom. The quantitative estimate of drug-likeness (QED) is 0.472. The van der Waals surface area contributed by atoms with E-state index in [-0.39, 0.29) is 5.69 Å². The number of nitro groups is 1. The Labute approximate surface area is 123 Å². The molecular weight excluding hydrogens is 274 g/mol. The summed E-state index contributed by atoms with van der Waals surface area (Å²) >= 11 is 0. The van der Waals surface area contributed by atoms with Crippen LogP contribution >= 0.6 is 0 Å². The minimum Gasteiger partial charge on any atom is -0.381 e. The van der Waals surface area contributed by atoms with E-state index in [0.717, 1.165) is 44.6 Å². The van der Waals surface area contributed by atoms with Crippen molar-refractivity contribution in [1.29, 1.82) is 0 Å². The van der Waals surface area contributed by atoms with E-state index in [2.05, 4.69) is 10.3 Å². The van der Waals surface area contributed by atoms with Crippen LogP contribution in [0.4, 0.5) is 11.5 Å². The third-order valence-electron chi connectivity index (χ3n) is 3.41. The smallest absolute Gasteiger partial charge is 0.287 e. The molecule has 0 amide bonds. The van der Waals surface area contributed by atoms with Crippen LogP contribution in [0, 0.1) is 17.0 Å². The molecule has 7 nitrogen and oxygen atoms in total. The first-order valence-corrected chi connectivity index (χ1v) is 7.21. The summed E-state index contributed by atoms with van der Waals surface area (Å²) in [6.45, 7) is 4.81. The Morgan fingerprint density at radius 1 is 1.52 bits per heavy atom. The highest BCUT2D eigenvalue weighted by Gasteiger charge is 2.13. The Balaban J connectivity index is 1.67. The van der Waals surface area contributed by atoms with E-state index in [1.165, 1.54) is 12.3 Å². The number of aryl methyl sites for hydroxylation is 1. The molecule has 0 spiro atoms. The van der Waals surface area contributed by atoms with Crippen LogP contribution in [0.25, 0.3) is 0 Å². The molecule has 0 bridgehead atoms. The van der Waals surface area contributed by atoms with Crippen molar-refractivity contribution in [1.82, 2.24) is 4.98 Å². The lowest BCUT2D eigenvalue weighted by molar-refractivity contribution is -0.385. The maximum Gasteiger partial charge on any atom is 0.287 e. The van der Waals surface area contributed by atoms with Crippen molar-refractivity contribution in [2.45, 2.75) is 32.3 Å². The third kappa shape index (κ3) is 4.95. The zero-order valence-corrected chi connectivity index (χ0v) is 12.2. The zero-order chi connectivity index (χ0) is 15.1. The minimum absolute atomic E-state index is 0.0147. The molecule has 21 heavy (non-hydrogen) atoms. The van der Waals surface area contributed by atoms with Gasteiger partial charge in [-0.25, -0.2) is 4.98 Å². The predicted molar refractivity (Wildman–Crippen MR) is 78.5 cm³/mol. The number of rotatable bonds is 7. The van der Waals surface area contributed by atoms with E-state index in [1.54, 1.807) is 6.92 Å². The summed E-state index contributed by atoms with van der Waals surface area (Å²) in [4.78, 5) is 14.3. The Bertz CT molecular complexity index is 475. The van der Waals surface area contributed by atoms with E-state index >= 15 is 0 Å². The highest BCUT2D eigenvalue weighted by Crippen LogP contribution is 2.17. The maximum atomic E-state index is 10.6. The Hall–Kier alpha value is -1.73. The van der Waals surface area contributed by atoms with Gasteiger partial charge in [0.2, 0.25) is 0 Å². The van der Waals surface area contributed by atoms with E-state index in [0.29, 0.717) is 18.5 Å². The van der Waals surface area contributed by atoms with Gasteiger partial charge in [-0.15, -0.1) is 0 Å². The van der Waals surface area contributed by atoms with Crippen LogP contribution in [0.3, 0.4) is 0 Å². The molecule has 116 valence electrons. The summed E-state index contributed by atoms with van der Waals surface area (Å²) < 4.78 is 11.0. The van der Waals surface area contributed by atoms with Crippen molar-refractivity contribution in [3.8, 4) is 0 Å². The minimum atomic E-state index is -0.439. The molecule has 0 unspecified atom stereocenters. The highest BCUT2D eigenvalue weighted by molar-refractivity contribution is 5.48. The molecule has 2 rings (SSSR count). The summed E-state index contributed by atoms with van der Waals surface area (Å²) in [7, 11) is 0. The summed E-state index contributed by atoms with van der Waals surface area (Å²) in [6, 6.07) is 1.52. The fraction of sp³-hybridized carbons (Fsp3) is 0.643. The van der Waals surface area contributed by atoms with Gasteiger partial charge in [-0.2, -0.15) is 0 Å². The molecule has 7 heteroatoms. The van der Waals surface area contributed by atoms with Gasteiger partial charge in [0, 0.05) is 32.4 Å². The molecule has 1 fully saturated rings. The van der Waals surface area contributed by atoms with Crippen molar-refractivity contribution in [2.75, 3.05) is 31.7 Å². The number of hydrogen-bond acceptors (Lipinski definition) is 6. The molecule has 0 aromatic carbocycles. The van der Waals surface area contributed by atoms with Crippen LogP contribution < -0.4 is 5.32 Å². The largest absolute Gasteiger partial charge is 0.381 e. The van der Waals surface area contributed by atoms with Crippen LogP contribution in [0.15, 0.2) is 12.3 Å². The average molecular weight is 295 g/mol. The first-order valence-electron chi connectivity index (χ1n) is 7.21. The topological polar surface area (TPSA) is 86.5 Å². The molecule has 1 aromatic rings. The molecule has 1 saturated heterocycles. The van der Waals surface area contributed by atoms with E-state index in [4.69, 9.17) is 9.47 Å². The van der Waals surface area contributed by atoms with Gasteiger partial charge in [-0.05, 0) is 31.7 Å². The SMILES string of the molecule is Cc1cc([N+](=O)[O-])cnc1NCCCOC1CCOCC1. The number of nitrogens with zero attached hydrogens (tertiary/aromatic N) is 2. The number of nitrogens with one attached hydrogen (secondary N) is 1. The molecule has 0 aliphatic carbocycles. The summed E-state index contributed by atoms with van der Waals surface area (Å²) in [6.07, 6.45) is 4.40. The van der Waals surface area contributed by atoms with Crippen molar-refractivity contribution in [2.24, 2.45) is 0 Å². The molecular formula is C14H21N3O4. The van der Waals surface area contributed by atoms with Crippen molar-refractivity contribution in [3.63, 3.8) is 0 Å². The molecule has 1 N–H and O–H groups in total. The van der Waals surface area contributed by atoms with Gasteiger partial charge >= 0.3 is 0 Å². The van der Waals surface area contributed by atoms with Crippen LogP contribution in [0.2, 0.25) is 0 Å². The van der Waals surface area contributed by atoms with Gasteiger partial charge in [0.1, 0.15) is 12.0 Å². The summed E-state index contributed by atoms with van der Waals surface area (Å²) in [5, 5.41) is 13.8. The summed E-state index contributed by atoms with van der Waals surface area (Å²) in [5.41, 5.74) is 0.787. The molecule has 1 aliphatic heterocycles. The van der Waals surface area contributed by atoms with Crippen LogP contribution in [-0.4, -0.2) is 42.4 Å². The predicted octanol–water partition coefficient (Wildman–Crippen LogP) is 2.30. The van der Waals surface area contributed by atoms with Gasteiger partial charge in [-0.1, -0.05) is 0 Å². The first-order chi connectivity index (χ1) is 10.2. The number of ether oxygens (including phenoxy) is 2. The lowest BCUT2D eigenvalue weighted by Gasteiger charge is -2.22. The second kappa shape index (κ2) is 7.90. The average Bonchev–Trinajstić information content (AvgIpc) is 2.49. The molecule has 1 aliphatic rings. The van der Waals surface area contributed by atoms with Gasteiger partial charge in [0.25, 0.3) is 5.69 Å². The lowest BCUT2D eigenvalue weighted by atomic mass is 10.1. The fourth-order valence-corrected chi connectivity index (χ4v) is 2.22. The normalized spacial score (nSPS) is 15.9. The number of aromatic nitrogens is 1. The number of hydrogen-bond donors (Lipinski definition) is 1. The fourth-order valence-electron chi connectivity index (χ4n) is 2.22. The third-order valence-corrected chi connectivity index (χ3v) is 3.41. The number of pyridine rings is 1. The molecule has 0 atom stereocenters. The van der Waals surface area contributed by atoms with Gasteiger partial charge < -0.3 is 14.8 Å². The second-order valence-electron chi connectivity index (χ2n) is 5.08. The molecule has 1 aromatic heterocycles. The van der Waals surface area contributed by atoms with Gasteiger partial charge in [-0.3, -0.25) is 10.1 Å². The van der Waals surface area contributed by atoms with Crippen molar-refractivity contribution < 1.29 is 14.4 Å². The Morgan fingerprint density at radius 3 is 2.95 bits per heavy atom. The molecule has 0 radical (unpaired) electrons. The van der Waals surface area contributed by atoms with Crippen molar-refractivity contribution in [3.05, 3.63) is 27.9 Å². The molecule has 2 heterocycles. The highest BCUT2D eigenvalue weighted by atomic mass is 16.6. The van der Waals surface area contributed by atoms with E-state index in [1.807, 2.05) is 0 Å².